The van der Waals surface area contributed by atoms with Crippen LogP contribution in [0.25, 0.3) is 0 Å². The molecule has 0 radical (unpaired) electrons. The van der Waals surface area contributed by atoms with E-state index in [1.54, 1.807) is 0 Å². The molecule has 0 heterocycles. The van der Waals surface area contributed by atoms with Gasteiger partial charge in [0.05, 0.1) is 0 Å². The minimum absolute atomic E-state index is 0. The molecule has 100 heavy (non-hydrogen) atoms. The van der Waals surface area contributed by atoms with Crippen molar-refractivity contribution in [1.82, 2.24) is 0 Å². The van der Waals surface area contributed by atoms with Crippen LogP contribution in [0.15, 0.2) is 0 Å². The van der Waals surface area contributed by atoms with Crippen LogP contribution in [-0.4, -0.2) is 274 Å². The topological polar surface area (TPSA) is 1500 Å². The summed E-state index contributed by atoms with van der Waals surface area (Å²) in [6.45, 7) is 0. The fourth-order valence-electron chi connectivity index (χ4n) is 0. The molecular formula is H50K50O50. The van der Waals surface area contributed by atoms with Gasteiger partial charge < -0.3 is 274 Å². The second-order valence-corrected chi connectivity index (χ2v) is 0. The van der Waals surface area contributed by atoms with Crippen LogP contribution in [-0.2, 0) is 0 Å². The Bertz CT molecular complexity index is 100. The Morgan fingerprint density at radius 3 is 0.0200 bits per heavy atom. The van der Waals surface area contributed by atoms with Crippen molar-refractivity contribution in [3.63, 3.8) is 0 Å². The van der Waals surface area contributed by atoms with E-state index < -0.39 is 0 Å². The van der Waals surface area contributed by atoms with E-state index in [2.05, 4.69) is 0 Å². The Morgan fingerprint density at radius 2 is 0.0200 bits per heavy atom. The average Bonchev–Trinajstić information content (AvgIpc) is 0. The summed E-state index contributed by atoms with van der Waals surface area (Å²) >= 11 is 0. The van der Waals surface area contributed by atoms with E-state index in [1.807, 2.05) is 0 Å². The molecule has 400 valence electrons. The van der Waals surface area contributed by atoms with Gasteiger partial charge in [-0.05, 0) is 0 Å². The first-order chi connectivity index (χ1) is 0. The Morgan fingerprint density at radius 1 is 0.0200 bits per heavy atom. The summed E-state index contributed by atoms with van der Waals surface area (Å²) in [5, 5.41) is 0. The van der Waals surface area contributed by atoms with Crippen LogP contribution in [0.1, 0.15) is 0 Å². The molecule has 0 aromatic heterocycles. The molecule has 0 rings (SSSR count). The zero-order chi connectivity index (χ0) is 0. The molecule has 0 spiro atoms. The van der Waals surface area contributed by atoms with E-state index in [9.17, 15) is 0 Å². The molecule has 50 N–H and O–H groups in total. The summed E-state index contributed by atoms with van der Waals surface area (Å²) in [5.41, 5.74) is 0. The van der Waals surface area contributed by atoms with Gasteiger partial charge in [-0.1, -0.05) is 0 Å². The minimum Gasteiger partial charge on any atom is -0.870 e. The van der Waals surface area contributed by atoms with Crippen molar-refractivity contribution in [3.8, 4) is 0 Å². The van der Waals surface area contributed by atoms with Gasteiger partial charge in [0.2, 0.25) is 0 Å². The Kier molecular flexibility index (Phi) is 8010. The summed E-state index contributed by atoms with van der Waals surface area (Å²) in [6, 6.07) is 0. The monoisotopic (exact) mass is 2800 g/mol. The van der Waals surface area contributed by atoms with E-state index >= 15 is 0 Å². The predicted molar refractivity (Wildman–Crippen MR) is 96.8 cm³/mol. The van der Waals surface area contributed by atoms with Crippen LogP contribution in [0.3, 0.4) is 0 Å². The molecule has 0 bridgehead atoms. The molecule has 0 saturated heterocycles. The molecule has 0 aromatic rings. The van der Waals surface area contributed by atoms with Crippen molar-refractivity contribution >= 4 is 0 Å². The van der Waals surface area contributed by atoms with E-state index in [0.717, 1.165) is 0 Å². The van der Waals surface area contributed by atoms with E-state index in [4.69, 9.17) is 0 Å². The van der Waals surface area contributed by atoms with Crippen molar-refractivity contribution in [2.45, 2.75) is 0 Å². The molecule has 0 unspecified atom stereocenters. The third-order valence-corrected chi connectivity index (χ3v) is 0. The summed E-state index contributed by atoms with van der Waals surface area (Å²) in [7, 11) is 0. The van der Waals surface area contributed by atoms with Crippen LogP contribution in [0.2, 0.25) is 0 Å². The largest absolute Gasteiger partial charge is 1.00 e. The zero-order valence-electron chi connectivity index (χ0n) is 72.4. The number of hydrogen-bond donors (Lipinski definition) is 0. The summed E-state index contributed by atoms with van der Waals surface area (Å²) < 4.78 is 0. The molecule has 0 aliphatic rings. The standard InChI is InChI=1S/50K.50H2O/h;;;;;;;;;;;;;;;;;;;;;;;;;;;;;;;;;;;;;;;;;;;;;;;;;;50*1H2/q50*+1;;;;;;;;;;;;;;;;;;;;;;;;;;;;;;;;;;;;;;;;;;;;;;;;;;/p-50. The van der Waals surface area contributed by atoms with Crippen molar-refractivity contribution in [1.29, 1.82) is 0 Å². The predicted octanol–water partition coefficient (Wildman–Crippen LogP) is -159. The molecule has 0 aromatic carbocycles. The Hall–Kier alpha value is 79.8. The smallest absolute Gasteiger partial charge is 0.870 e. The van der Waals surface area contributed by atoms with Crippen LogP contribution in [0.5, 0.6) is 0 Å². The molecule has 0 aliphatic carbocycles. The van der Waals surface area contributed by atoms with Gasteiger partial charge in [0.1, 0.15) is 0 Å². The molecule has 0 amide bonds. The van der Waals surface area contributed by atoms with Gasteiger partial charge in [0.15, 0.2) is 0 Å². The van der Waals surface area contributed by atoms with E-state index in [1.165, 1.54) is 0 Å². The first kappa shape index (κ1) is 903. The molecular weight excluding hydrogens is 2750 g/mol. The van der Waals surface area contributed by atoms with Crippen LogP contribution >= 0.6 is 0 Å². The minimum atomic E-state index is 0. The Labute approximate surface area is 2720 Å². The third-order valence-electron chi connectivity index (χ3n) is 0. The maximum absolute atomic E-state index is 0. The molecule has 0 fully saturated rings. The second kappa shape index (κ2) is 887. The first-order valence-corrected chi connectivity index (χ1v) is 0. The number of rotatable bonds is 0. The Balaban J connectivity index is 0. The van der Waals surface area contributed by atoms with Crippen molar-refractivity contribution in [2.24, 2.45) is 0 Å². The van der Waals surface area contributed by atoms with Gasteiger partial charge in [-0.15, -0.1) is 0 Å². The first-order valence-electron chi connectivity index (χ1n) is 0. The van der Waals surface area contributed by atoms with Gasteiger partial charge in [-0.2, -0.15) is 0 Å². The second-order valence-electron chi connectivity index (χ2n) is 0. The van der Waals surface area contributed by atoms with Crippen molar-refractivity contribution in [2.75, 3.05) is 0 Å². The van der Waals surface area contributed by atoms with Crippen LogP contribution in [0.4, 0.5) is 0 Å². The van der Waals surface area contributed by atoms with Gasteiger partial charge in [-0.3, -0.25) is 0 Å². The maximum atomic E-state index is 0. The zero-order valence-corrected chi connectivity index (χ0v) is 229. The maximum Gasteiger partial charge on any atom is 1.00 e. The average molecular weight is 2810 g/mol. The van der Waals surface area contributed by atoms with Gasteiger partial charge in [0.25, 0.3) is 0 Å². The quantitative estimate of drug-likeness (QED) is 0.203. The van der Waals surface area contributed by atoms with E-state index in [-0.39, 0.29) is 2840 Å². The fourth-order valence-corrected chi connectivity index (χ4v) is 0. The van der Waals surface area contributed by atoms with Crippen molar-refractivity contribution in [3.05, 3.63) is 0 Å². The SMILES string of the molecule is [K+].[K+].[K+].[K+].[K+].[K+].[K+].[K+].[K+].[K+].[K+].[K+].[K+].[K+].[K+].[K+].[K+].[K+].[K+].[K+].[K+].[K+].[K+].[K+].[K+].[K+].[K+].[K+].[K+].[K+].[K+].[K+].[K+].[K+].[K+].[K+].[K+].[K+].[K+].[K+].[K+].[K+].[K+].[K+].[K+].[K+].[K+].[K+].[K+].[K+].[OH-].[OH-].[OH-].[OH-].[OH-].[OH-].[OH-].[OH-].[OH-].[OH-].[OH-].[OH-].[OH-].[OH-].[OH-].[OH-].[OH-].[OH-].[OH-].[OH-].[OH-].[OH-].[OH-].[OH-].[OH-].[OH-].[OH-].[OH-].[OH-].[OH-].[OH-].[OH-].[OH-].[OH-].[OH-].[OH-].[OH-].[OH-].[OH-].[OH-].[OH-].[OH-].[OH-].[OH-].[OH-].[OH-].[OH-].[OH-].[OH-].[OH-]. The van der Waals surface area contributed by atoms with Crippen LogP contribution < -0.4 is 2570 Å². The summed E-state index contributed by atoms with van der Waals surface area (Å²) in [4.78, 5) is 0. The van der Waals surface area contributed by atoms with Gasteiger partial charge in [0, 0.05) is 0 Å². The molecule has 0 aliphatic heterocycles. The molecule has 0 atom stereocenters. The van der Waals surface area contributed by atoms with Crippen LogP contribution in [0, 0.1) is 0 Å². The molecule has 50 nitrogen and oxygen atoms in total. The van der Waals surface area contributed by atoms with Crippen molar-refractivity contribution < 1.29 is 2840 Å². The third kappa shape index (κ3) is 873. The summed E-state index contributed by atoms with van der Waals surface area (Å²) in [5.74, 6) is 0. The number of hydrogen-bond acceptors (Lipinski definition) is 50. The van der Waals surface area contributed by atoms with Gasteiger partial charge >= 0.3 is 2570 Å². The molecule has 0 saturated carbocycles. The van der Waals surface area contributed by atoms with Gasteiger partial charge in [-0.25, -0.2) is 0 Å². The molecule has 100 heteroatoms. The van der Waals surface area contributed by atoms with E-state index in [0.29, 0.717) is 0 Å². The summed E-state index contributed by atoms with van der Waals surface area (Å²) in [6.07, 6.45) is 0. The normalized spacial score (nSPS) is 0. The fraction of sp³-hybridized carbons (Fsp3) is 0.